The fourth-order valence-corrected chi connectivity index (χ4v) is 1.30. The van der Waals surface area contributed by atoms with E-state index in [0.29, 0.717) is 6.07 Å². The molecule has 0 radical (unpaired) electrons. The predicted molar refractivity (Wildman–Crippen MR) is 54.4 cm³/mol. The van der Waals surface area contributed by atoms with Crippen LogP contribution in [0.1, 0.15) is 17.7 Å². The summed E-state index contributed by atoms with van der Waals surface area (Å²) in [4.78, 5) is 24.1. The van der Waals surface area contributed by atoms with Crippen LogP contribution in [0.25, 0.3) is 0 Å². The Morgan fingerprint density at radius 2 is 2.00 bits per heavy atom. The minimum atomic E-state index is -5.20. The van der Waals surface area contributed by atoms with Crippen molar-refractivity contribution in [3.63, 3.8) is 0 Å². The third-order valence-electron chi connectivity index (χ3n) is 2.13. The van der Waals surface area contributed by atoms with Crippen LogP contribution in [0, 0.1) is 0 Å². The zero-order valence-corrected chi connectivity index (χ0v) is 9.88. The minimum Gasteiger partial charge on any atom is -0.469 e. The summed E-state index contributed by atoms with van der Waals surface area (Å²) in [6.45, 7) is 0. The monoisotopic (exact) mass is 301 g/mol. The molecule has 112 valence electrons. The summed E-state index contributed by atoms with van der Waals surface area (Å²) in [6.07, 6.45) is -9.25. The summed E-state index contributed by atoms with van der Waals surface area (Å²) < 4.78 is 69.0. The number of hydrogen-bond donors (Lipinski definition) is 1. The lowest BCUT2D eigenvalue weighted by atomic mass is 10.1. The highest BCUT2D eigenvalue weighted by Gasteiger charge is 2.33. The van der Waals surface area contributed by atoms with Crippen molar-refractivity contribution in [2.24, 2.45) is 0 Å². The molecule has 0 aliphatic rings. The van der Waals surface area contributed by atoms with E-state index >= 15 is 0 Å². The zero-order valence-electron chi connectivity index (χ0n) is 9.88. The Labute approximate surface area is 108 Å². The second kappa shape index (κ2) is 5.88. The van der Waals surface area contributed by atoms with Gasteiger partial charge in [0.05, 0.1) is 24.8 Å². The number of alkyl halides is 5. The molecule has 0 unspecified atom stereocenters. The molecule has 1 N–H and O–H groups in total. The summed E-state index contributed by atoms with van der Waals surface area (Å²) in [6, 6.07) is 0.317. The topological polar surface area (TPSA) is 68.4 Å². The van der Waals surface area contributed by atoms with Gasteiger partial charge in [0.25, 0.3) is 12.0 Å². The van der Waals surface area contributed by atoms with Gasteiger partial charge >= 0.3 is 12.3 Å². The van der Waals surface area contributed by atoms with Gasteiger partial charge in [0.15, 0.2) is 0 Å². The SMILES string of the molecule is COC(=O)Cc1c(OC(F)(F)F)cc(C(F)F)[nH]c1=O. The average Bonchev–Trinajstić information content (AvgIpc) is 2.30. The van der Waals surface area contributed by atoms with E-state index in [-0.39, 0.29) is 0 Å². The number of carbonyl (C=O) groups is 1. The van der Waals surface area contributed by atoms with Gasteiger partial charge in [0.1, 0.15) is 5.75 Å². The first-order valence-electron chi connectivity index (χ1n) is 5.01. The molecule has 1 heterocycles. The molecule has 0 aliphatic carbocycles. The van der Waals surface area contributed by atoms with Crippen LogP contribution in [0.4, 0.5) is 22.0 Å². The van der Waals surface area contributed by atoms with E-state index in [0.717, 1.165) is 7.11 Å². The van der Waals surface area contributed by atoms with Crippen molar-refractivity contribution in [3.8, 4) is 5.75 Å². The van der Waals surface area contributed by atoms with Crippen LogP contribution in [-0.4, -0.2) is 24.4 Å². The van der Waals surface area contributed by atoms with Gasteiger partial charge in [-0.1, -0.05) is 0 Å². The molecule has 0 saturated carbocycles. The largest absolute Gasteiger partial charge is 0.573 e. The first-order chi connectivity index (χ1) is 9.14. The first kappa shape index (κ1) is 15.9. The highest BCUT2D eigenvalue weighted by Crippen LogP contribution is 2.28. The van der Waals surface area contributed by atoms with Gasteiger partial charge in [-0.05, 0) is 0 Å². The number of methoxy groups -OCH3 is 1. The number of aromatic nitrogens is 1. The summed E-state index contributed by atoms with van der Waals surface area (Å²) in [5.74, 6) is -2.19. The molecular formula is C10H8F5NO4. The summed E-state index contributed by atoms with van der Waals surface area (Å²) >= 11 is 0. The molecule has 0 spiro atoms. The van der Waals surface area contributed by atoms with Gasteiger partial charge in [-0.2, -0.15) is 0 Å². The number of rotatable bonds is 4. The number of hydrogen-bond acceptors (Lipinski definition) is 4. The highest BCUT2D eigenvalue weighted by molar-refractivity contribution is 5.73. The van der Waals surface area contributed by atoms with E-state index < -0.39 is 47.7 Å². The fourth-order valence-electron chi connectivity index (χ4n) is 1.30. The molecule has 0 saturated heterocycles. The van der Waals surface area contributed by atoms with E-state index in [2.05, 4.69) is 9.47 Å². The normalized spacial score (nSPS) is 11.6. The Hall–Kier alpha value is -2.13. The first-order valence-corrected chi connectivity index (χ1v) is 5.01. The maximum atomic E-state index is 12.4. The van der Waals surface area contributed by atoms with Crippen molar-refractivity contribution in [2.75, 3.05) is 7.11 Å². The average molecular weight is 301 g/mol. The predicted octanol–water partition coefficient (Wildman–Crippen LogP) is 1.93. The van der Waals surface area contributed by atoms with Crippen molar-refractivity contribution in [1.82, 2.24) is 4.98 Å². The minimum absolute atomic E-state index is 0.317. The third-order valence-corrected chi connectivity index (χ3v) is 2.13. The summed E-state index contributed by atoms with van der Waals surface area (Å²) in [5.41, 5.74) is -3.09. The molecule has 5 nitrogen and oxygen atoms in total. The Morgan fingerprint density at radius 3 is 2.45 bits per heavy atom. The van der Waals surface area contributed by atoms with Gasteiger partial charge in [0, 0.05) is 6.07 Å². The third kappa shape index (κ3) is 4.21. The molecule has 0 amide bonds. The standard InChI is InChI=1S/C10H8F5NO4/c1-19-7(17)2-4-6(20-10(13,14)15)3-5(8(11)12)16-9(4)18/h3,8H,2H2,1H3,(H,16,18). The summed E-state index contributed by atoms with van der Waals surface area (Å²) in [7, 11) is 0.953. The van der Waals surface area contributed by atoms with Crippen molar-refractivity contribution in [1.29, 1.82) is 0 Å². The lowest BCUT2D eigenvalue weighted by molar-refractivity contribution is -0.275. The number of H-pyrrole nitrogens is 1. The van der Waals surface area contributed by atoms with Gasteiger partial charge < -0.3 is 14.5 Å². The van der Waals surface area contributed by atoms with Crippen LogP contribution < -0.4 is 10.3 Å². The number of esters is 1. The Bertz CT molecular complexity index is 552. The lowest BCUT2D eigenvalue weighted by Gasteiger charge is -2.13. The van der Waals surface area contributed by atoms with Gasteiger partial charge in [-0.25, -0.2) is 8.78 Å². The number of pyridine rings is 1. The Kier molecular flexibility index (Phi) is 4.69. The van der Waals surface area contributed by atoms with Crippen molar-refractivity contribution < 1.29 is 36.2 Å². The molecule has 0 fully saturated rings. The number of nitrogens with one attached hydrogen (secondary N) is 1. The number of carbonyl (C=O) groups excluding carboxylic acids is 1. The van der Waals surface area contributed by atoms with Crippen molar-refractivity contribution in [3.05, 3.63) is 27.7 Å². The highest BCUT2D eigenvalue weighted by atomic mass is 19.4. The molecule has 1 rings (SSSR count). The van der Waals surface area contributed by atoms with Crippen molar-refractivity contribution in [2.45, 2.75) is 19.2 Å². The maximum Gasteiger partial charge on any atom is 0.573 e. The quantitative estimate of drug-likeness (QED) is 0.681. The van der Waals surface area contributed by atoms with E-state index in [4.69, 9.17) is 0 Å². The second-order valence-corrected chi connectivity index (χ2v) is 3.50. The van der Waals surface area contributed by atoms with Gasteiger partial charge in [-0.15, -0.1) is 13.2 Å². The molecule has 1 aromatic heterocycles. The van der Waals surface area contributed by atoms with Crippen LogP contribution >= 0.6 is 0 Å². The molecule has 0 aliphatic heterocycles. The zero-order chi connectivity index (χ0) is 15.5. The number of halogens is 5. The second-order valence-electron chi connectivity index (χ2n) is 3.50. The van der Waals surface area contributed by atoms with Crippen LogP contribution in [-0.2, 0) is 16.0 Å². The molecular weight excluding hydrogens is 293 g/mol. The lowest BCUT2D eigenvalue weighted by Crippen LogP contribution is -2.25. The van der Waals surface area contributed by atoms with Gasteiger partial charge in [0.2, 0.25) is 0 Å². The fraction of sp³-hybridized carbons (Fsp3) is 0.400. The summed E-state index contributed by atoms with van der Waals surface area (Å²) in [5, 5.41) is 0. The number of ether oxygens (including phenoxy) is 2. The maximum absolute atomic E-state index is 12.4. The van der Waals surface area contributed by atoms with Crippen molar-refractivity contribution >= 4 is 5.97 Å². The molecule has 10 heteroatoms. The van der Waals surface area contributed by atoms with Gasteiger partial charge in [-0.3, -0.25) is 9.59 Å². The molecule has 1 aromatic rings. The van der Waals surface area contributed by atoms with E-state index in [1.165, 1.54) is 0 Å². The smallest absolute Gasteiger partial charge is 0.469 e. The molecule has 0 atom stereocenters. The van der Waals surface area contributed by atoms with Crippen LogP contribution in [0.2, 0.25) is 0 Å². The molecule has 20 heavy (non-hydrogen) atoms. The molecule has 0 aromatic carbocycles. The molecule has 0 bridgehead atoms. The van der Waals surface area contributed by atoms with Crippen LogP contribution in [0.5, 0.6) is 5.75 Å². The van der Waals surface area contributed by atoms with E-state index in [1.807, 2.05) is 0 Å². The Balaban J connectivity index is 3.32. The van der Waals surface area contributed by atoms with E-state index in [9.17, 15) is 31.5 Å². The van der Waals surface area contributed by atoms with E-state index in [1.54, 1.807) is 4.98 Å². The van der Waals surface area contributed by atoms with Crippen LogP contribution in [0.3, 0.4) is 0 Å². The van der Waals surface area contributed by atoms with Crippen LogP contribution in [0.15, 0.2) is 10.9 Å². The Morgan fingerprint density at radius 1 is 1.40 bits per heavy atom. The number of aromatic amines is 1.